The Bertz CT molecular complexity index is 766. The summed E-state index contributed by atoms with van der Waals surface area (Å²) in [6.45, 7) is -0.290. The Kier molecular flexibility index (Phi) is 6.28. The van der Waals surface area contributed by atoms with Crippen LogP contribution in [0.2, 0.25) is 10.0 Å². The molecule has 6 nitrogen and oxygen atoms in total. The standard InChI is InChI=1S/C16H14Cl2N2O4/c1-23-13-7-2-4-10(16(13)22)8-19-20-14(21)9-24-12-6-3-5-11(17)15(12)18/h2-8,22H,9H2,1H3,(H,20,21)/b19-8+. The lowest BCUT2D eigenvalue weighted by Crippen LogP contribution is -2.24. The molecule has 1 amide bonds. The number of halogens is 2. The van der Waals surface area contributed by atoms with Crippen LogP contribution in [-0.2, 0) is 4.79 Å². The zero-order valence-corrected chi connectivity index (χ0v) is 14.1. The largest absolute Gasteiger partial charge is 0.504 e. The van der Waals surface area contributed by atoms with E-state index in [2.05, 4.69) is 10.5 Å². The molecule has 2 aromatic carbocycles. The minimum atomic E-state index is -0.496. The monoisotopic (exact) mass is 368 g/mol. The molecule has 0 bridgehead atoms. The lowest BCUT2D eigenvalue weighted by atomic mass is 10.2. The van der Waals surface area contributed by atoms with Crippen molar-refractivity contribution in [1.82, 2.24) is 5.43 Å². The predicted octanol–water partition coefficient (Wildman–Crippen LogP) is 3.24. The van der Waals surface area contributed by atoms with Gasteiger partial charge in [0.1, 0.15) is 10.8 Å². The van der Waals surface area contributed by atoms with Crippen molar-refractivity contribution in [3.05, 3.63) is 52.0 Å². The SMILES string of the molecule is COc1cccc(/C=N/NC(=O)COc2cccc(Cl)c2Cl)c1O. The summed E-state index contributed by atoms with van der Waals surface area (Å²) < 4.78 is 10.2. The second-order valence-corrected chi connectivity index (χ2v) is 5.32. The summed E-state index contributed by atoms with van der Waals surface area (Å²) in [5.41, 5.74) is 2.67. The highest BCUT2D eigenvalue weighted by Crippen LogP contribution is 2.31. The molecule has 0 saturated heterocycles. The molecule has 0 aliphatic heterocycles. The van der Waals surface area contributed by atoms with Crippen LogP contribution in [0.1, 0.15) is 5.56 Å². The first-order valence-electron chi connectivity index (χ1n) is 6.77. The van der Waals surface area contributed by atoms with Crippen molar-refractivity contribution in [2.45, 2.75) is 0 Å². The highest BCUT2D eigenvalue weighted by molar-refractivity contribution is 6.42. The van der Waals surface area contributed by atoms with Gasteiger partial charge < -0.3 is 14.6 Å². The van der Waals surface area contributed by atoms with Gasteiger partial charge in [-0.15, -0.1) is 0 Å². The van der Waals surface area contributed by atoms with Crippen molar-refractivity contribution in [3.63, 3.8) is 0 Å². The number of carbonyl (C=O) groups is 1. The summed E-state index contributed by atoms with van der Waals surface area (Å²) >= 11 is 11.8. The number of amides is 1. The fraction of sp³-hybridized carbons (Fsp3) is 0.125. The normalized spacial score (nSPS) is 10.6. The molecule has 0 atom stereocenters. The third-order valence-corrected chi connectivity index (χ3v) is 3.72. The molecule has 0 heterocycles. The van der Waals surface area contributed by atoms with Gasteiger partial charge in [0.25, 0.3) is 5.91 Å². The van der Waals surface area contributed by atoms with E-state index in [-0.39, 0.29) is 17.4 Å². The fourth-order valence-electron chi connectivity index (χ4n) is 1.75. The molecular formula is C16H14Cl2N2O4. The van der Waals surface area contributed by atoms with Gasteiger partial charge in [-0.05, 0) is 24.3 Å². The van der Waals surface area contributed by atoms with Crippen molar-refractivity contribution in [2.24, 2.45) is 5.10 Å². The molecule has 2 aromatic rings. The van der Waals surface area contributed by atoms with Gasteiger partial charge in [0.2, 0.25) is 0 Å². The van der Waals surface area contributed by atoms with Crippen LogP contribution in [0, 0.1) is 0 Å². The number of aromatic hydroxyl groups is 1. The van der Waals surface area contributed by atoms with Crippen molar-refractivity contribution < 1.29 is 19.4 Å². The Morgan fingerprint density at radius 1 is 1.25 bits per heavy atom. The first-order valence-corrected chi connectivity index (χ1v) is 7.53. The topological polar surface area (TPSA) is 80.2 Å². The van der Waals surface area contributed by atoms with Gasteiger partial charge in [-0.1, -0.05) is 35.3 Å². The lowest BCUT2D eigenvalue weighted by Gasteiger charge is -2.07. The van der Waals surface area contributed by atoms with E-state index in [1.165, 1.54) is 13.3 Å². The van der Waals surface area contributed by atoms with Gasteiger partial charge in [0, 0.05) is 5.56 Å². The van der Waals surface area contributed by atoms with E-state index in [1.807, 2.05) is 0 Å². The summed E-state index contributed by atoms with van der Waals surface area (Å²) in [7, 11) is 1.44. The van der Waals surface area contributed by atoms with Gasteiger partial charge >= 0.3 is 0 Å². The molecule has 0 spiro atoms. The van der Waals surface area contributed by atoms with Crippen LogP contribution >= 0.6 is 23.2 Å². The zero-order chi connectivity index (χ0) is 17.5. The van der Waals surface area contributed by atoms with E-state index in [4.69, 9.17) is 32.7 Å². The third kappa shape index (κ3) is 4.53. The fourth-order valence-corrected chi connectivity index (χ4v) is 2.10. The van der Waals surface area contributed by atoms with Gasteiger partial charge in [0.15, 0.2) is 18.1 Å². The molecule has 0 unspecified atom stereocenters. The van der Waals surface area contributed by atoms with Crippen LogP contribution < -0.4 is 14.9 Å². The highest BCUT2D eigenvalue weighted by atomic mass is 35.5. The Hall–Kier alpha value is -2.44. The number of hydrogen-bond donors (Lipinski definition) is 2. The number of phenols is 1. The second-order valence-electron chi connectivity index (χ2n) is 4.53. The van der Waals surface area contributed by atoms with Gasteiger partial charge in [0.05, 0.1) is 18.3 Å². The van der Waals surface area contributed by atoms with Gasteiger partial charge in [-0.2, -0.15) is 5.10 Å². The van der Waals surface area contributed by atoms with Crippen LogP contribution in [0.3, 0.4) is 0 Å². The van der Waals surface area contributed by atoms with E-state index >= 15 is 0 Å². The lowest BCUT2D eigenvalue weighted by molar-refractivity contribution is -0.123. The molecule has 0 radical (unpaired) electrons. The van der Waals surface area contributed by atoms with Crippen LogP contribution in [-0.4, -0.2) is 30.9 Å². The van der Waals surface area contributed by atoms with Crippen LogP contribution in [0.5, 0.6) is 17.2 Å². The Labute approximate surface area is 148 Å². The number of ether oxygens (including phenoxy) is 2. The number of methoxy groups -OCH3 is 1. The van der Waals surface area contributed by atoms with Gasteiger partial charge in [-0.3, -0.25) is 4.79 Å². The summed E-state index contributed by atoms with van der Waals surface area (Å²) in [4.78, 5) is 11.7. The number of hydrazone groups is 1. The Balaban J connectivity index is 1.90. The van der Waals surface area contributed by atoms with Crippen LogP contribution in [0.15, 0.2) is 41.5 Å². The Morgan fingerprint density at radius 2 is 1.96 bits per heavy atom. The predicted molar refractivity (Wildman–Crippen MR) is 92.4 cm³/mol. The first-order chi connectivity index (χ1) is 11.5. The van der Waals surface area contributed by atoms with Crippen molar-refractivity contribution >= 4 is 35.3 Å². The molecule has 2 rings (SSSR count). The number of nitrogens with one attached hydrogen (secondary N) is 1. The molecule has 2 N–H and O–H groups in total. The molecule has 0 saturated carbocycles. The maximum atomic E-state index is 11.7. The number of carbonyl (C=O) groups excluding carboxylic acids is 1. The van der Waals surface area contributed by atoms with Crippen molar-refractivity contribution in [2.75, 3.05) is 13.7 Å². The Morgan fingerprint density at radius 3 is 2.71 bits per heavy atom. The van der Waals surface area contributed by atoms with E-state index < -0.39 is 5.91 Å². The number of para-hydroxylation sites is 1. The number of nitrogens with zero attached hydrogens (tertiary/aromatic N) is 1. The first kappa shape index (κ1) is 17.9. The van der Waals surface area contributed by atoms with Gasteiger partial charge in [-0.25, -0.2) is 5.43 Å². The maximum Gasteiger partial charge on any atom is 0.277 e. The molecule has 0 fully saturated rings. The molecule has 0 aliphatic carbocycles. The second kappa shape index (κ2) is 8.42. The van der Waals surface area contributed by atoms with Crippen molar-refractivity contribution in [3.8, 4) is 17.2 Å². The molecule has 8 heteroatoms. The summed E-state index contributed by atoms with van der Waals surface area (Å²) in [6.07, 6.45) is 1.29. The van der Waals surface area contributed by atoms with Crippen LogP contribution in [0.25, 0.3) is 0 Å². The van der Waals surface area contributed by atoms with Crippen LogP contribution in [0.4, 0.5) is 0 Å². The summed E-state index contributed by atoms with van der Waals surface area (Å²) in [5.74, 6) is 0.0441. The maximum absolute atomic E-state index is 11.7. The number of rotatable bonds is 6. The number of benzene rings is 2. The minimum Gasteiger partial charge on any atom is -0.504 e. The molecule has 126 valence electrons. The quantitative estimate of drug-likeness (QED) is 0.605. The average molecular weight is 369 g/mol. The number of hydrogen-bond acceptors (Lipinski definition) is 5. The van der Waals surface area contributed by atoms with E-state index in [0.29, 0.717) is 22.1 Å². The molecule has 24 heavy (non-hydrogen) atoms. The molecule has 0 aliphatic rings. The third-order valence-electron chi connectivity index (χ3n) is 2.92. The smallest absolute Gasteiger partial charge is 0.277 e. The zero-order valence-electron chi connectivity index (χ0n) is 12.6. The summed E-state index contributed by atoms with van der Waals surface area (Å²) in [5, 5.41) is 14.2. The van der Waals surface area contributed by atoms with E-state index in [1.54, 1.807) is 36.4 Å². The minimum absolute atomic E-state index is 0.0695. The molecule has 0 aromatic heterocycles. The van der Waals surface area contributed by atoms with Crippen molar-refractivity contribution in [1.29, 1.82) is 0 Å². The van der Waals surface area contributed by atoms with E-state index in [0.717, 1.165) is 0 Å². The molecular weight excluding hydrogens is 355 g/mol. The highest BCUT2D eigenvalue weighted by Gasteiger charge is 2.08. The summed E-state index contributed by atoms with van der Waals surface area (Å²) in [6, 6.07) is 9.78. The number of phenolic OH excluding ortho intramolecular Hbond substituents is 1. The van der Waals surface area contributed by atoms with E-state index in [9.17, 15) is 9.90 Å². The average Bonchev–Trinajstić information content (AvgIpc) is 2.58.